The van der Waals surface area contributed by atoms with Crippen molar-refractivity contribution in [2.24, 2.45) is 4.99 Å². The fraction of sp³-hybridized carbons (Fsp3) is 0.200. The van der Waals surface area contributed by atoms with Gasteiger partial charge in [-0.25, -0.2) is 4.79 Å². The lowest BCUT2D eigenvalue weighted by Crippen LogP contribution is -2.81. The van der Waals surface area contributed by atoms with Crippen LogP contribution in [0.1, 0.15) is 19.4 Å². The molecule has 0 unspecified atom stereocenters. The minimum atomic E-state index is -0.355. The smallest absolute Gasteiger partial charge is 0.351 e. The molecule has 0 fully saturated rings. The van der Waals surface area contributed by atoms with Gasteiger partial charge in [-0.05, 0) is 38.1 Å². The summed E-state index contributed by atoms with van der Waals surface area (Å²) < 4.78 is 5.60. The molecule has 2 N–H and O–H groups in total. The number of aliphatic imine (C=N–C) groups is 1. The van der Waals surface area contributed by atoms with Gasteiger partial charge in [-0.1, -0.05) is 12.1 Å². The van der Waals surface area contributed by atoms with Crippen LogP contribution in [0.15, 0.2) is 62.7 Å². The molecule has 1 aliphatic rings. The number of quaternary nitrogens is 1. The van der Waals surface area contributed by atoms with Crippen LogP contribution in [-0.4, -0.2) is 18.9 Å². The third-order valence-electron chi connectivity index (χ3n) is 4.59. The van der Waals surface area contributed by atoms with Crippen LogP contribution in [0.5, 0.6) is 0 Å². The summed E-state index contributed by atoms with van der Waals surface area (Å²) in [5.41, 5.74) is 3.72. The molecular weight excluding hydrogens is 314 g/mol. The van der Waals surface area contributed by atoms with E-state index in [1.165, 1.54) is 0 Å². The van der Waals surface area contributed by atoms with Gasteiger partial charge in [-0.2, -0.15) is 4.99 Å². The molecule has 25 heavy (non-hydrogen) atoms. The van der Waals surface area contributed by atoms with Crippen LogP contribution in [0.2, 0.25) is 0 Å². The third-order valence-corrected chi connectivity index (χ3v) is 4.59. The predicted octanol–water partition coefficient (Wildman–Crippen LogP) is 2.93. The van der Waals surface area contributed by atoms with Crippen molar-refractivity contribution in [1.29, 1.82) is 0 Å². The number of para-hydroxylation sites is 2. The maximum Gasteiger partial charge on any atom is 0.351 e. The number of hydrogen-bond acceptors (Lipinski definition) is 4. The predicted molar refractivity (Wildman–Crippen MR) is 100 cm³/mol. The fourth-order valence-electron chi connectivity index (χ4n) is 3.22. The number of hydrogen-bond donors (Lipinski definition) is 1. The number of amidine groups is 1. The minimum Gasteiger partial charge on any atom is -0.422 e. The molecule has 4 rings (SSSR count). The van der Waals surface area contributed by atoms with Gasteiger partial charge in [-0.3, -0.25) is 5.32 Å². The Kier molecular flexibility index (Phi) is 3.86. The zero-order valence-electron chi connectivity index (χ0n) is 14.3. The van der Waals surface area contributed by atoms with E-state index in [9.17, 15) is 4.79 Å². The molecule has 0 atom stereocenters. The summed E-state index contributed by atoms with van der Waals surface area (Å²) in [6, 6.07) is 15.7. The van der Waals surface area contributed by atoms with Gasteiger partial charge in [0.05, 0.1) is 0 Å². The molecule has 0 amide bonds. The third kappa shape index (κ3) is 2.72. The van der Waals surface area contributed by atoms with Crippen molar-refractivity contribution in [2.75, 3.05) is 18.0 Å². The van der Waals surface area contributed by atoms with Gasteiger partial charge < -0.3 is 9.32 Å². The highest BCUT2D eigenvalue weighted by Crippen LogP contribution is 2.25. The zero-order chi connectivity index (χ0) is 17.4. The van der Waals surface area contributed by atoms with E-state index < -0.39 is 0 Å². The van der Waals surface area contributed by atoms with Gasteiger partial charge in [-0.15, -0.1) is 0 Å². The first-order valence-electron chi connectivity index (χ1n) is 8.55. The molecule has 5 nitrogen and oxygen atoms in total. The van der Waals surface area contributed by atoms with E-state index in [-0.39, 0.29) is 5.63 Å². The quantitative estimate of drug-likeness (QED) is 0.589. The molecule has 3 aromatic rings. The number of nitrogens with zero attached hydrogens (tertiary/aromatic N) is 2. The summed E-state index contributed by atoms with van der Waals surface area (Å²) in [7, 11) is 0. The van der Waals surface area contributed by atoms with Crippen molar-refractivity contribution in [3.05, 3.63) is 64.5 Å². The molecule has 0 saturated heterocycles. The summed E-state index contributed by atoms with van der Waals surface area (Å²) in [5, 5.41) is 2.83. The lowest BCUT2D eigenvalue weighted by atomic mass is 10.1. The second kappa shape index (κ2) is 6.18. The zero-order valence-corrected chi connectivity index (χ0v) is 14.3. The number of rotatable bonds is 4. The Morgan fingerprint density at radius 1 is 1.08 bits per heavy atom. The first kappa shape index (κ1) is 15.6. The highest BCUT2D eigenvalue weighted by Gasteiger charge is 2.24. The Morgan fingerprint density at radius 2 is 1.88 bits per heavy atom. The Morgan fingerprint density at radius 3 is 2.64 bits per heavy atom. The molecule has 0 radical (unpaired) electrons. The molecular formula is C20H20N3O2+. The Hall–Kier alpha value is -2.92. The maximum atomic E-state index is 12.5. The van der Waals surface area contributed by atoms with Gasteiger partial charge in [0.25, 0.3) is 0 Å². The van der Waals surface area contributed by atoms with Gasteiger partial charge >= 0.3 is 5.63 Å². The van der Waals surface area contributed by atoms with Crippen molar-refractivity contribution in [1.82, 2.24) is 0 Å². The molecule has 0 aliphatic carbocycles. The summed E-state index contributed by atoms with van der Waals surface area (Å²) in [6.07, 6.45) is 0. The first-order valence-corrected chi connectivity index (χ1v) is 8.55. The Labute approximate surface area is 145 Å². The van der Waals surface area contributed by atoms with Crippen LogP contribution in [0.25, 0.3) is 11.0 Å². The van der Waals surface area contributed by atoms with Crippen molar-refractivity contribution in [3.63, 3.8) is 0 Å². The average Bonchev–Trinajstić information content (AvgIpc) is 3.06. The topological polar surface area (TPSA) is 62.4 Å². The van der Waals surface area contributed by atoms with E-state index >= 15 is 0 Å². The SMILES string of the molecule is CCN(CC)c1ccc2cc(C3=Nc4ccccc4[NH2+]3)c(=O)oc2c1. The number of nitrogens with two attached hydrogens (primary N) is 1. The Bertz CT molecular complexity index is 1030. The highest BCUT2D eigenvalue weighted by molar-refractivity contribution is 5.99. The standard InChI is InChI=1S/C20H19N3O2/c1-3-23(4-2)14-10-9-13-11-15(20(24)25-18(13)12-14)19-21-16-7-5-6-8-17(16)22-19/h5-12H,3-4H2,1-2H3,(H,21,22)/p+1. The largest absolute Gasteiger partial charge is 0.422 e. The minimum absolute atomic E-state index is 0.355. The van der Waals surface area contributed by atoms with Gasteiger partial charge in [0.2, 0.25) is 5.84 Å². The summed E-state index contributed by atoms with van der Waals surface area (Å²) in [4.78, 5) is 19.3. The van der Waals surface area contributed by atoms with Crippen LogP contribution >= 0.6 is 0 Å². The molecule has 2 aromatic carbocycles. The molecule has 0 bridgehead atoms. The Balaban J connectivity index is 1.77. The summed E-state index contributed by atoms with van der Waals surface area (Å²) >= 11 is 0. The molecule has 0 spiro atoms. The van der Waals surface area contributed by atoms with Gasteiger partial charge in [0, 0.05) is 36.3 Å². The molecule has 0 saturated carbocycles. The average molecular weight is 334 g/mol. The molecule has 5 heteroatoms. The van der Waals surface area contributed by atoms with Crippen LogP contribution in [0.4, 0.5) is 17.1 Å². The number of fused-ring (bicyclic) bond motifs is 2. The van der Waals surface area contributed by atoms with E-state index in [1.807, 2.05) is 47.8 Å². The summed E-state index contributed by atoms with van der Waals surface area (Å²) in [5.74, 6) is 0.657. The second-order valence-electron chi connectivity index (χ2n) is 6.04. The highest BCUT2D eigenvalue weighted by atomic mass is 16.4. The van der Waals surface area contributed by atoms with E-state index in [1.54, 1.807) is 0 Å². The lowest BCUT2D eigenvalue weighted by molar-refractivity contribution is -0.437. The number of benzene rings is 2. The molecule has 126 valence electrons. The van der Waals surface area contributed by atoms with E-state index in [0.717, 1.165) is 35.5 Å². The normalized spacial score (nSPS) is 13.0. The van der Waals surface area contributed by atoms with E-state index in [2.05, 4.69) is 29.8 Å². The van der Waals surface area contributed by atoms with Crippen molar-refractivity contribution < 1.29 is 9.73 Å². The fourth-order valence-corrected chi connectivity index (χ4v) is 3.22. The van der Waals surface area contributed by atoms with Gasteiger partial charge in [0.1, 0.15) is 16.8 Å². The first-order chi connectivity index (χ1) is 12.2. The molecule has 2 heterocycles. The monoisotopic (exact) mass is 334 g/mol. The van der Waals surface area contributed by atoms with E-state index in [4.69, 9.17) is 4.42 Å². The lowest BCUT2D eigenvalue weighted by Gasteiger charge is -2.20. The second-order valence-corrected chi connectivity index (χ2v) is 6.04. The van der Waals surface area contributed by atoms with Crippen molar-refractivity contribution >= 4 is 33.9 Å². The maximum absolute atomic E-state index is 12.5. The summed E-state index contributed by atoms with van der Waals surface area (Å²) in [6.45, 7) is 6.04. The molecule has 1 aromatic heterocycles. The van der Waals surface area contributed by atoms with E-state index in [0.29, 0.717) is 17.0 Å². The van der Waals surface area contributed by atoms with Crippen molar-refractivity contribution in [3.8, 4) is 0 Å². The van der Waals surface area contributed by atoms with Crippen LogP contribution in [0, 0.1) is 0 Å². The van der Waals surface area contributed by atoms with Crippen molar-refractivity contribution in [2.45, 2.75) is 13.8 Å². The van der Waals surface area contributed by atoms with Gasteiger partial charge in [0.15, 0.2) is 5.69 Å². The van der Waals surface area contributed by atoms with Crippen LogP contribution in [0.3, 0.4) is 0 Å². The molecule has 1 aliphatic heterocycles. The van der Waals surface area contributed by atoms with Crippen LogP contribution in [-0.2, 0) is 0 Å². The van der Waals surface area contributed by atoms with Crippen LogP contribution < -0.4 is 15.8 Å². The number of anilines is 1.